The minimum atomic E-state index is 0.235. The Labute approximate surface area is 328 Å². The maximum atomic E-state index is 3.77. The molecule has 11 rings (SSSR count). The maximum Gasteiger partial charge on any atom is 0.103 e. The molecule has 9 aromatic carbocycles. The minimum Gasteiger partial charge on any atom is -0.368 e. The Balaban J connectivity index is 1.000. The van der Waals surface area contributed by atoms with Gasteiger partial charge < -0.3 is 10.2 Å². The molecule has 4 heteroatoms. The molecule has 1 N–H and O–H groups in total. The van der Waals surface area contributed by atoms with Gasteiger partial charge in [0.15, 0.2) is 0 Å². The summed E-state index contributed by atoms with van der Waals surface area (Å²) in [6.45, 7) is 0. The molecule has 55 heavy (non-hydrogen) atoms. The predicted octanol–water partition coefficient (Wildman–Crippen LogP) is 15.4. The number of nitrogens with one attached hydrogen (secondary N) is 1. The third-order valence-electron chi connectivity index (χ3n) is 10.9. The Kier molecular flexibility index (Phi) is 7.71. The molecule has 0 fully saturated rings. The molecule has 2 nitrogen and oxygen atoms in total. The summed E-state index contributed by atoms with van der Waals surface area (Å²) in [5.74, 6) is 0. The summed E-state index contributed by atoms with van der Waals surface area (Å²) in [4.78, 5) is 3.70. The first-order valence-corrected chi connectivity index (χ1v) is 20.4. The summed E-state index contributed by atoms with van der Waals surface area (Å²) in [7, 11) is 0. The van der Waals surface area contributed by atoms with E-state index >= 15 is 0 Å². The van der Waals surface area contributed by atoms with E-state index in [4.69, 9.17) is 0 Å². The van der Waals surface area contributed by atoms with Crippen molar-refractivity contribution in [1.82, 2.24) is 0 Å². The summed E-state index contributed by atoms with van der Waals surface area (Å²) in [5, 5.41) is 11.7. The van der Waals surface area contributed by atoms with Gasteiger partial charge in [0.1, 0.15) is 5.37 Å². The quantitative estimate of drug-likeness (QED) is 0.171. The number of rotatable bonds is 6. The molecular formula is C51H34N2S2. The van der Waals surface area contributed by atoms with Crippen LogP contribution < -0.4 is 10.2 Å². The van der Waals surface area contributed by atoms with E-state index in [1.165, 1.54) is 80.1 Å². The van der Waals surface area contributed by atoms with E-state index < -0.39 is 0 Å². The molecule has 0 aliphatic carbocycles. The molecule has 0 amide bonds. The van der Waals surface area contributed by atoms with Gasteiger partial charge in [-0.15, -0.1) is 11.3 Å². The second kappa shape index (κ2) is 13.2. The van der Waals surface area contributed by atoms with E-state index in [1.54, 1.807) is 0 Å². The van der Waals surface area contributed by atoms with E-state index in [1.807, 2.05) is 23.1 Å². The van der Waals surface area contributed by atoms with Crippen molar-refractivity contribution in [3.8, 4) is 22.3 Å². The molecule has 10 aromatic rings. The predicted molar refractivity (Wildman–Crippen MR) is 239 cm³/mol. The van der Waals surface area contributed by atoms with E-state index in [-0.39, 0.29) is 5.37 Å². The molecule has 1 aliphatic heterocycles. The fourth-order valence-corrected chi connectivity index (χ4v) is 10.5. The van der Waals surface area contributed by atoms with Crippen LogP contribution in [0.5, 0.6) is 0 Å². The molecule has 1 aromatic heterocycles. The topological polar surface area (TPSA) is 15.3 Å². The second-order valence-corrected chi connectivity index (χ2v) is 16.4. The molecule has 260 valence electrons. The van der Waals surface area contributed by atoms with Crippen molar-refractivity contribution in [2.24, 2.45) is 0 Å². The number of nitrogens with zero attached hydrogens (tertiary/aromatic N) is 1. The normalized spacial score (nSPS) is 13.7. The van der Waals surface area contributed by atoms with Gasteiger partial charge in [0.25, 0.3) is 0 Å². The Morgan fingerprint density at radius 2 is 1.02 bits per heavy atom. The van der Waals surface area contributed by atoms with Gasteiger partial charge in [-0.05, 0) is 104 Å². The molecule has 1 atom stereocenters. The van der Waals surface area contributed by atoms with Crippen LogP contribution in [0.1, 0.15) is 10.9 Å². The number of thiophene rings is 1. The molecule has 1 aliphatic rings. The van der Waals surface area contributed by atoms with Gasteiger partial charge in [-0.1, -0.05) is 151 Å². The van der Waals surface area contributed by atoms with Crippen LogP contribution in [0.4, 0.5) is 22.7 Å². The molecule has 0 saturated carbocycles. The van der Waals surface area contributed by atoms with Gasteiger partial charge in [0.05, 0.1) is 5.69 Å². The Bertz CT molecular complexity index is 3030. The number of thioether (sulfide) groups is 1. The first-order chi connectivity index (χ1) is 27.2. The Hall–Kier alpha value is -6.33. The van der Waals surface area contributed by atoms with Gasteiger partial charge in [-0.3, -0.25) is 0 Å². The summed E-state index contributed by atoms with van der Waals surface area (Å²) < 4.78 is 2.59. The zero-order chi connectivity index (χ0) is 36.3. The van der Waals surface area contributed by atoms with E-state index in [0.717, 1.165) is 17.1 Å². The van der Waals surface area contributed by atoms with Crippen LogP contribution in [0, 0.1) is 0 Å². The van der Waals surface area contributed by atoms with Crippen LogP contribution in [-0.4, -0.2) is 0 Å². The van der Waals surface area contributed by atoms with Crippen LogP contribution in [0.3, 0.4) is 0 Å². The van der Waals surface area contributed by atoms with Crippen molar-refractivity contribution in [1.29, 1.82) is 0 Å². The molecule has 2 heterocycles. The van der Waals surface area contributed by atoms with Crippen LogP contribution in [0.25, 0.3) is 64.0 Å². The van der Waals surface area contributed by atoms with Crippen molar-refractivity contribution in [3.05, 3.63) is 200 Å². The highest BCUT2D eigenvalue weighted by Crippen LogP contribution is 2.50. The highest BCUT2D eigenvalue weighted by molar-refractivity contribution is 8.00. The average Bonchev–Trinajstić information content (AvgIpc) is 3.84. The van der Waals surface area contributed by atoms with Gasteiger partial charge in [-0.25, -0.2) is 0 Å². The smallest absolute Gasteiger partial charge is 0.103 e. The van der Waals surface area contributed by atoms with Crippen molar-refractivity contribution < 1.29 is 0 Å². The fraction of sp³-hybridized carbons (Fsp3) is 0.0196. The summed E-state index contributed by atoms with van der Waals surface area (Å²) in [6, 6.07) is 70.9. The first-order valence-electron chi connectivity index (χ1n) is 18.7. The van der Waals surface area contributed by atoms with E-state index in [9.17, 15) is 0 Å². The van der Waals surface area contributed by atoms with Gasteiger partial charge in [0, 0.05) is 42.1 Å². The summed E-state index contributed by atoms with van der Waals surface area (Å²) in [5.41, 5.74) is 10.8. The number of hydrogen-bond acceptors (Lipinski definition) is 4. The zero-order valence-electron chi connectivity index (χ0n) is 29.8. The molecule has 1 unspecified atom stereocenters. The van der Waals surface area contributed by atoms with Gasteiger partial charge in [-0.2, -0.15) is 0 Å². The Morgan fingerprint density at radius 3 is 1.78 bits per heavy atom. The van der Waals surface area contributed by atoms with Gasteiger partial charge in [0.2, 0.25) is 0 Å². The highest BCUT2D eigenvalue weighted by Gasteiger charge is 2.24. The zero-order valence-corrected chi connectivity index (χ0v) is 31.4. The van der Waals surface area contributed by atoms with Crippen LogP contribution >= 0.6 is 23.1 Å². The average molecular weight is 739 g/mol. The van der Waals surface area contributed by atoms with Crippen molar-refractivity contribution >= 4 is 87.6 Å². The molecule has 0 bridgehead atoms. The lowest BCUT2D eigenvalue weighted by atomic mass is 9.93. The van der Waals surface area contributed by atoms with Crippen molar-refractivity contribution in [3.63, 3.8) is 0 Å². The number of anilines is 4. The van der Waals surface area contributed by atoms with Crippen LogP contribution in [0.2, 0.25) is 0 Å². The van der Waals surface area contributed by atoms with E-state index in [2.05, 4.69) is 204 Å². The number of benzene rings is 9. The monoisotopic (exact) mass is 738 g/mol. The van der Waals surface area contributed by atoms with E-state index in [0.29, 0.717) is 0 Å². The lowest BCUT2D eigenvalue weighted by Gasteiger charge is -2.26. The van der Waals surface area contributed by atoms with Crippen molar-refractivity contribution in [2.45, 2.75) is 10.3 Å². The highest BCUT2D eigenvalue weighted by atomic mass is 32.2. The number of fused-ring (bicyclic) bond motifs is 7. The summed E-state index contributed by atoms with van der Waals surface area (Å²) >= 11 is 3.78. The summed E-state index contributed by atoms with van der Waals surface area (Å²) in [6.07, 6.45) is 0. The molecule has 0 spiro atoms. The van der Waals surface area contributed by atoms with Crippen LogP contribution in [0.15, 0.2) is 199 Å². The standard InChI is InChI=1S/C51H34N2S2/c1-3-11-33(12-4-1)34-19-23-38(24-20-34)53(39-25-21-35(22-26-39)45-29-37-15-7-8-16-41(37)42-17-9-10-18-43(42)45)40-27-28-44-46-31-50-47(32-49(46)54-48(44)30-40)52-51(55-50)36-13-5-2-6-14-36/h1-32,51-52H. The maximum absolute atomic E-state index is 3.77. The van der Waals surface area contributed by atoms with Crippen molar-refractivity contribution in [2.75, 3.05) is 10.2 Å². The lowest BCUT2D eigenvalue weighted by molar-refractivity contribution is 1.14. The lowest BCUT2D eigenvalue weighted by Crippen LogP contribution is -2.09. The van der Waals surface area contributed by atoms with Crippen LogP contribution in [-0.2, 0) is 0 Å². The minimum absolute atomic E-state index is 0.235. The fourth-order valence-electron chi connectivity index (χ4n) is 8.18. The number of hydrogen-bond donors (Lipinski definition) is 1. The third-order valence-corrected chi connectivity index (χ3v) is 13.2. The second-order valence-electron chi connectivity index (χ2n) is 14.2. The largest absolute Gasteiger partial charge is 0.368 e. The molecule has 0 radical (unpaired) electrons. The Morgan fingerprint density at radius 1 is 0.418 bits per heavy atom. The van der Waals surface area contributed by atoms with Gasteiger partial charge >= 0.3 is 0 Å². The first kappa shape index (κ1) is 32.1. The molecular weight excluding hydrogens is 705 g/mol. The SMILES string of the molecule is c1ccc(-c2ccc(N(c3ccc(-c4cc5ccccc5c5ccccc45)cc3)c3ccc4c(c3)sc3cc5c(cc34)SC(c3ccccc3)N5)cc2)cc1. The molecule has 0 saturated heterocycles. The third kappa shape index (κ3) is 5.65.